The molecule has 1 heterocycles. The van der Waals surface area contributed by atoms with Gasteiger partial charge in [0, 0.05) is 44.4 Å². The van der Waals surface area contributed by atoms with E-state index >= 15 is 0 Å². The van der Waals surface area contributed by atoms with Crippen LogP contribution in [-0.4, -0.2) is 38.3 Å². The molecule has 1 atom stereocenters. The van der Waals surface area contributed by atoms with Crippen LogP contribution in [0.2, 0.25) is 0 Å². The second-order valence-corrected chi connectivity index (χ2v) is 6.06. The Balaban J connectivity index is 1.81. The van der Waals surface area contributed by atoms with Crippen LogP contribution in [0.15, 0.2) is 6.20 Å². The number of methoxy groups -OCH3 is 1. The van der Waals surface area contributed by atoms with Crippen molar-refractivity contribution in [3.8, 4) is 0 Å². The number of rotatable bonds is 8. The Morgan fingerprint density at radius 3 is 3.06 bits per heavy atom. The molecule has 1 aromatic heterocycles. The highest BCUT2D eigenvalue weighted by Crippen LogP contribution is 2.37. The van der Waals surface area contributed by atoms with E-state index in [4.69, 9.17) is 4.74 Å². The largest absolute Gasteiger partial charge is 0.383 e. The first-order valence-corrected chi connectivity index (χ1v) is 7.41. The molecule has 1 unspecified atom stereocenters. The number of hydrogen-bond acceptors (Lipinski definition) is 5. The molecule has 1 N–H and O–H groups in total. The third-order valence-corrected chi connectivity index (χ3v) is 4.63. The normalized spacial score (nSPS) is 16.8. The van der Waals surface area contributed by atoms with Gasteiger partial charge in [-0.3, -0.25) is 0 Å². The molecule has 18 heavy (non-hydrogen) atoms. The molecule has 0 saturated heterocycles. The smallest absolute Gasteiger partial charge is 0.185 e. The zero-order chi connectivity index (χ0) is 13.0. The summed E-state index contributed by atoms with van der Waals surface area (Å²) in [6, 6.07) is 0.616. The van der Waals surface area contributed by atoms with E-state index in [1.165, 1.54) is 17.7 Å². The SMILES string of the molecule is COCCNCc1cnc(N(C)C(C)C2CC2)s1. The van der Waals surface area contributed by atoms with Crippen molar-refractivity contribution in [1.82, 2.24) is 10.3 Å². The fourth-order valence-electron chi connectivity index (χ4n) is 2.00. The van der Waals surface area contributed by atoms with Crippen LogP contribution in [0.3, 0.4) is 0 Å². The molecular weight excluding hydrogens is 246 g/mol. The van der Waals surface area contributed by atoms with Crippen LogP contribution in [0.25, 0.3) is 0 Å². The van der Waals surface area contributed by atoms with E-state index in [1.54, 1.807) is 18.4 Å². The highest BCUT2D eigenvalue weighted by atomic mass is 32.1. The molecule has 5 heteroatoms. The fourth-order valence-corrected chi connectivity index (χ4v) is 2.93. The van der Waals surface area contributed by atoms with Gasteiger partial charge in [0.15, 0.2) is 5.13 Å². The van der Waals surface area contributed by atoms with Gasteiger partial charge in [-0.25, -0.2) is 4.98 Å². The molecule has 1 saturated carbocycles. The lowest BCUT2D eigenvalue weighted by atomic mass is 10.2. The number of nitrogens with zero attached hydrogens (tertiary/aromatic N) is 2. The Morgan fingerprint density at radius 2 is 2.39 bits per heavy atom. The monoisotopic (exact) mass is 269 g/mol. The van der Waals surface area contributed by atoms with Gasteiger partial charge in [0.1, 0.15) is 0 Å². The Hall–Kier alpha value is -0.650. The molecule has 0 aliphatic heterocycles. The molecule has 0 bridgehead atoms. The first-order chi connectivity index (χ1) is 8.72. The Kier molecular flexibility index (Phi) is 4.97. The first-order valence-electron chi connectivity index (χ1n) is 6.59. The molecule has 102 valence electrons. The summed E-state index contributed by atoms with van der Waals surface area (Å²) in [4.78, 5) is 8.13. The highest BCUT2D eigenvalue weighted by molar-refractivity contribution is 7.15. The number of thiazole rings is 1. The van der Waals surface area contributed by atoms with Crippen LogP contribution >= 0.6 is 11.3 Å². The Morgan fingerprint density at radius 1 is 1.61 bits per heavy atom. The van der Waals surface area contributed by atoms with Crippen LogP contribution in [0.1, 0.15) is 24.6 Å². The summed E-state index contributed by atoms with van der Waals surface area (Å²) in [5.41, 5.74) is 0. The van der Waals surface area contributed by atoms with Gasteiger partial charge in [-0.15, -0.1) is 11.3 Å². The molecule has 0 radical (unpaired) electrons. The summed E-state index contributed by atoms with van der Waals surface area (Å²) in [6.45, 7) is 4.82. The van der Waals surface area contributed by atoms with Gasteiger partial charge in [-0.05, 0) is 25.7 Å². The summed E-state index contributed by atoms with van der Waals surface area (Å²) in [5.74, 6) is 0.877. The molecule has 1 aliphatic rings. The summed E-state index contributed by atoms with van der Waals surface area (Å²) in [7, 11) is 3.88. The zero-order valence-corrected chi connectivity index (χ0v) is 12.3. The number of anilines is 1. The Bertz CT molecular complexity index is 365. The predicted molar refractivity (Wildman–Crippen MR) is 76.3 cm³/mol. The third kappa shape index (κ3) is 3.67. The van der Waals surface area contributed by atoms with Crippen LogP contribution in [-0.2, 0) is 11.3 Å². The number of hydrogen-bond donors (Lipinski definition) is 1. The topological polar surface area (TPSA) is 37.4 Å². The zero-order valence-electron chi connectivity index (χ0n) is 11.5. The summed E-state index contributed by atoms with van der Waals surface area (Å²) in [5, 5.41) is 4.48. The molecule has 2 rings (SSSR count). The van der Waals surface area contributed by atoms with Gasteiger partial charge in [0.05, 0.1) is 6.61 Å². The van der Waals surface area contributed by atoms with Gasteiger partial charge in [0.2, 0.25) is 0 Å². The lowest BCUT2D eigenvalue weighted by molar-refractivity contribution is 0.199. The summed E-state index contributed by atoms with van der Waals surface area (Å²) in [6.07, 6.45) is 4.74. The van der Waals surface area contributed by atoms with Crippen molar-refractivity contribution in [3.05, 3.63) is 11.1 Å². The third-order valence-electron chi connectivity index (χ3n) is 3.54. The van der Waals surface area contributed by atoms with Crippen molar-refractivity contribution >= 4 is 16.5 Å². The summed E-state index contributed by atoms with van der Waals surface area (Å²) < 4.78 is 5.00. The maximum Gasteiger partial charge on any atom is 0.185 e. The molecule has 4 nitrogen and oxygen atoms in total. The van der Waals surface area contributed by atoms with E-state index in [9.17, 15) is 0 Å². The maximum atomic E-state index is 5.00. The second kappa shape index (κ2) is 6.50. The molecular formula is C13H23N3OS. The van der Waals surface area contributed by atoms with Crippen LogP contribution < -0.4 is 10.2 Å². The van der Waals surface area contributed by atoms with E-state index < -0.39 is 0 Å². The van der Waals surface area contributed by atoms with E-state index in [0.717, 1.165) is 30.7 Å². The van der Waals surface area contributed by atoms with E-state index in [1.807, 2.05) is 6.20 Å². The van der Waals surface area contributed by atoms with Gasteiger partial charge in [0.25, 0.3) is 0 Å². The lowest BCUT2D eigenvalue weighted by Crippen LogP contribution is -2.30. The van der Waals surface area contributed by atoms with Crippen molar-refractivity contribution < 1.29 is 4.74 Å². The van der Waals surface area contributed by atoms with E-state index in [0.29, 0.717) is 6.04 Å². The average Bonchev–Trinajstić information content (AvgIpc) is 3.12. The van der Waals surface area contributed by atoms with Crippen LogP contribution in [0.4, 0.5) is 5.13 Å². The van der Waals surface area contributed by atoms with Gasteiger partial charge in [-0.1, -0.05) is 0 Å². The van der Waals surface area contributed by atoms with Crippen LogP contribution in [0.5, 0.6) is 0 Å². The minimum absolute atomic E-state index is 0.616. The minimum atomic E-state index is 0.616. The molecule has 0 spiro atoms. The van der Waals surface area contributed by atoms with Gasteiger partial charge >= 0.3 is 0 Å². The summed E-state index contributed by atoms with van der Waals surface area (Å²) >= 11 is 1.78. The molecule has 0 amide bonds. The molecule has 0 aromatic carbocycles. The van der Waals surface area contributed by atoms with Crippen molar-refractivity contribution in [1.29, 1.82) is 0 Å². The van der Waals surface area contributed by atoms with E-state index in [2.05, 4.69) is 29.2 Å². The van der Waals surface area contributed by atoms with Crippen molar-refractivity contribution in [2.75, 3.05) is 32.2 Å². The average molecular weight is 269 g/mol. The fraction of sp³-hybridized carbons (Fsp3) is 0.769. The first kappa shape index (κ1) is 13.8. The van der Waals surface area contributed by atoms with Crippen molar-refractivity contribution in [3.63, 3.8) is 0 Å². The quantitative estimate of drug-likeness (QED) is 0.734. The Labute approximate surface area is 113 Å². The van der Waals surface area contributed by atoms with Crippen LogP contribution in [0, 0.1) is 5.92 Å². The second-order valence-electron chi connectivity index (χ2n) is 4.97. The molecule has 1 fully saturated rings. The standard InChI is InChI=1S/C13H23N3OS/c1-10(11-4-5-11)16(2)13-15-9-12(18-13)8-14-6-7-17-3/h9-11,14H,4-8H2,1-3H3. The van der Waals surface area contributed by atoms with Gasteiger partial charge < -0.3 is 15.0 Å². The number of nitrogens with one attached hydrogen (secondary N) is 1. The number of aromatic nitrogens is 1. The molecule has 1 aliphatic carbocycles. The maximum absolute atomic E-state index is 5.00. The number of ether oxygens (including phenoxy) is 1. The molecule has 1 aromatic rings. The van der Waals surface area contributed by atoms with Crippen molar-refractivity contribution in [2.24, 2.45) is 5.92 Å². The van der Waals surface area contributed by atoms with Gasteiger partial charge in [-0.2, -0.15) is 0 Å². The predicted octanol–water partition coefficient (Wildman–Crippen LogP) is 2.11. The highest BCUT2D eigenvalue weighted by Gasteiger charge is 2.31. The van der Waals surface area contributed by atoms with E-state index in [-0.39, 0.29) is 0 Å². The van der Waals surface area contributed by atoms with Crippen molar-refractivity contribution in [2.45, 2.75) is 32.4 Å². The minimum Gasteiger partial charge on any atom is -0.383 e. The lowest BCUT2D eigenvalue weighted by Gasteiger charge is -2.23.